The number of carbonyl (C=O) groups excluding carboxylic acids is 1. The van der Waals surface area contributed by atoms with Crippen molar-refractivity contribution in [3.05, 3.63) is 97.2 Å². The van der Waals surface area contributed by atoms with Gasteiger partial charge in [0, 0.05) is 22.4 Å². The molecule has 31 heavy (non-hydrogen) atoms. The van der Waals surface area contributed by atoms with E-state index in [1.54, 1.807) is 25.1 Å². The van der Waals surface area contributed by atoms with Crippen LogP contribution < -0.4 is 15.7 Å². The summed E-state index contributed by atoms with van der Waals surface area (Å²) in [6.07, 6.45) is 0. The minimum Gasteiger partial charge on any atom is -0.482 e. The lowest BCUT2D eigenvalue weighted by molar-refractivity contribution is -0.123. The number of hydrogen-bond acceptors (Lipinski definition) is 5. The molecule has 8 heteroatoms. The number of fused-ring (bicyclic) bond motifs is 1. The predicted molar refractivity (Wildman–Crippen MR) is 118 cm³/mol. The van der Waals surface area contributed by atoms with Gasteiger partial charge in [-0.15, -0.1) is 11.3 Å². The van der Waals surface area contributed by atoms with Crippen molar-refractivity contribution in [3.63, 3.8) is 0 Å². The third kappa shape index (κ3) is 4.78. The number of hydrogen-bond donors (Lipinski definition) is 1. The monoisotopic (exact) mass is 457 g/mol. The lowest BCUT2D eigenvalue weighted by atomic mass is 10.1. The Hall–Kier alpha value is -3.16. The van der Waals surface area contributed by atoms with E-state index in [1.807, 2.05) is 17.5 Å². The summed E-state index contributed by atoms with van der Waals surface area (Å²) in [5, 5.41) is 5.80. The van der Waals surface area contributed by atoms with Crippen LogP contribution in [0.15, 0.2) is 69.2 Å². The molecule has 1 N–H and O–H groups in total. The van der Waals surface area contributed by atoms with E-state index >= 15 is 0 Å². The summed E-state index contributed by atoms with van der Waals surface area (Å²) in [5.41, 5.74) is 1.33. The third-order valence-corrected chi connectivity index (χ3v) is 5.93. The zero-order chi connectivity index (χ0) is 22.0. The second-order valence-corrected chi connectivity index (χ2v) is 8.27. The van der Waals surface area contributed by atoms with E-state index in [0.29, 0.717) is 16.0 Å². The van der Waals surface area contributed by atoms with Gasteiger partial charge in [-0.3, -0.25) is 4.79 Å². The summed E-state index contributed by atoms with van der Waals surface area (Å²) < 4.78 is 24.1. The van der Waals surface area contributed by atoms with Crippen molar-refractivity contribution in [2.45, 2.75) is 13.0 Å². The van der Waals surface area contributed by atoms with Crippen molar-refractivity contribution < 1.29 is 18.3 Å². The highest BCUT2D eigenvalue weighted by atomic mass is 35.5. The summed E-state index contributed by atoms with van der Waals surface area (Å²) in [7, 11) is 0. The van der Waals surface area contributed by atoms with Gasteiger partial charge in [0.25, 0.3) is 5.91 Å². The molecule has 0 radical (unpaired) electrons. The first-order valence-corrected chi connectivity index (χ1v) is 10.6. The van der Waals surface area contributed by atoms with Crippen molar-refractivity contribution in [1.29, 1.82) is 0 Å². The maximum Gasteiger partial charge on any atom is 0.336 e. The Bertz CT molecular complexity index is 1290. The molecule has 5 nitrogen and oxygen atoms in total. The van der Waals surface area contributed by atoms with Gasteiger partial charge in [-0.2, -0.15) is 0 Å². The van der Waals surface area contributed by atoms with Crippen LogP contribution >= 0.6 is 22.9 Å². The van der Waals surface area contributed by atoms with Crippen LogP contribution in [0.2, 0.25) is 5.02 Å². The number of thiophene rings is 1. The molecule has 0 unspecified atom stereocenters. The zero-order valence-corrected chi connectivity index (χ0v) is 17.9. The summed E-state index contributed by atoms with van der Waals surface area (Å²) in [6, 6.07) is 13.8. The van der Waals surface area contributed by atoms with Crippen LogP contribution in [-0.2, 0) is 4.79 Å². The summed E-state index contributed by atoms with van der Waals surface area (Å²) in [5.74, 6) is -0.506. The molecular formula is C23H17ClFNO4S. The smallest absolute Gasteiger partial charge is 0.336 e. The van der Waals surface area contributed by atoms with Gasteiger partial charge in [0.15, 0.2) is 6.61 Å². The van der Waals surface area contributed by atoms with Crippen LogP contribution in [0.25, 0.3) is 11.0 Å². The van der Waals surface area contributed by atoms with Crippen molar-refractivity contribution in [2.24, 2.45) is 0 Å². The Morgan fingerprint density at radius 3 is 2.71 bits per heavy atom. The van der Waals surface area contributed by atoms with Gasteiger partial charge in [-0.1, -0.05) is 29.8 Å². The molecule has 0 bridgehead atoms. The highest BCUT2D eigenvalue weighted by molar-refractivity contribution is 7.10. The Morgan fingerprint density at radius 1 is 1.23 bits per heavy atom. The number of rotatable bonds is 6. The summed E-state index contributed by atoms with van der Waals surface area (Å²) in [6.45, 7) is 1.48. The van der Waals surface area contributed by atoms with Crippen molar-refractivity contribution in [1.82, 2.24) is 5.32 Å². The second-order valence-electron chi connectivity index (χ2n) is 6.88. The first-order valence-electron chi connectivity index (χ1n) is 9.36. The van der Waals surface area contributed by atoms with Crippen molar-refractivity contribution in [3.8, 4) is 5.75 Å². The average Bonchev–Trinajstić information content (AvgIpc) is 3.26. The normalized spacial score (nSPS) is 12.0. The van der Waals surface area contributed by atoms with Crippen molar-refractivity contribution in [2.75, 3.05) is 6.61 Å². The van der Waals surface area contributed by atoms with Gasteiger partial charge < -0.3 is 14.5 Å². The topological polar surface area (TPSA) is 68.5 Å². The molecule has 4 rings (SSSR count). The molecule has 0 saturated carbocycles. The Kier molecular flexibility index (Phi) is 6.06. The van der Waals surface area contributed by atoms with E-state index in [9.17, 15) is 14.0 Å². The average molecular weight is 458 g/mol. The minimum atomic E-state index is -0.478. The molecule has 0 aliphatic rings. The molecule has 0 saturated heterocycles. The van der Waals surface area contributed by atoms with Gasteiger partial charge in [-0.25, -0.2) is 9.18 Å². The maximum absolute atomic E-state index is 13.3. The number of aryl methyl sites for hydroxylation is 1. The number of halogens is 2. The Morgan fingerprint density at radius 2 is 2.00 bits per heavy atom. The van der Waals surface area contributed by atoms with Crippen LogP contribution in [0.5, 0.6) is 5.75 Å². The minimum absolute atomic E-state index is 0.229. The fraction of sp³-hybridized carbons (Fsp3) is 0.130. The molecule has 158 valence electrons. The van der Waals surface area contributed by atoms with Gasteiger partial charge in [0.1, 0.15) is 17.1 Å². The summed E-state index contributed by atoms with van der Waals surface area (Å²) >= 11 is 7.77. The maximum atomic E-state index is 13.3. The standard InChI is InChI=1S/C23H17ClFNO4S/c1-13-9-22(28)30-18-11-19(17(24)10-16(13)18)29-12-21(27)26-23(20-3-2-8-31-20)14-4-6-15(25)7-5-14/h2-11,23H,12H2,1H3,(H,26,27)/t23-/m0/s1. The molecule has 4 aromatic rings. The molecule has 0 aliphatic heterocycles. The zero-order valence-electron chi connectivity index (χ0n) is 16.4. The quantitative estimate of drug-likeness (QED) is 0.402. The van der Waals surface area contributed by atoms with Crippen LogP contribution in [-0.4, -0.2) is 12.5 Å². The highest BCUT2D eigenvalue weighted by Crippen LogP contribution is 2.31. The molecule has 0 spiro atoms. The fourth-order valence-electron chi connectivity index (χ4n) is 3.21. The lowest BCUT2D eigenvalue weighted by Gasteiger charge is -2.18. The number of amides is 1. The van der Waals surface area contributed by atoms with E-state index in [2.05, 4.69) is 5.32 Å². The number of benzene rings is 2. The first-order chi connectivity index (χ1) is 14.9. The molecule has 2 heterocycles. The molecular weight excluding hydrogens is 441 g/mol. The van der Waals surface area contributed by atoms with E-state index in [1.165, 1.54) is 35.6 Å². The Labute approximate surface area is 186 Å². The predicted octanol–water partition coefficient (Wildman–Crippen LogP) is 5.24. The molecule has 2 aromatic carbocycles. The van der Waals surface area contributed by atoms with E-state index < -0.39 is 11.7 Å². The first kappa shape index (κ1) is 21.1. The lowest BCUT2D eigenvalue weighted by Crippen LogP contribution is -2.33. The number of nitrogens with one attached hydrogen (secondary N) is 1. The number of ether oxygens (including phenoxy) is 1. The van der Waals surface area contributed by atoms with Gasteiger partial charge in [0.05, 0.1) is 11.1 Å². The van der Waals surface area contributed by atoms with E-state index in [0.717, 1.165) is 16.0 Å². The molecule has 0 fully saturated rings. The van der Waals surface area contributed by atoms with Crippen LogP contribution in [0.4, 0.5) is 4.39 Å². The largest absolute Gasteiger partial charge is 0.482 e. The summed E-state index contributed by atoms with van der Waals surface area (Å²) in [4.78, 5) is 25.2. The SMILES string of the molecule is Cc1cc(=O)oc2cc(OCC(=O)N[C@@H](c3ccc(F)cc3)c3cccs3)c(Cl)cc12. The van der Waals surface area contributed by atoms with Crippen LogP contribution in [0.1, 0.15) is 22.0 Å². The Balaban J connectivity index is 1.52. The fourth-order valence-corrected chi connectivity index (χ4v) is 4.23. The van der Waals surface area contributed by atoms with Crippen molar-refractivity contribution >= 4 is 39.8 Å². The molecule has 1 amide bonds. The second kappa shape index (κ2) is 8.91. The van der Waals surface area contributed by atoms with E-state index in [-0.39, 0.29) is 24.1 Å². The van der Waals surface area contributed by atoms with Gasteiger partial charge >= 0.3 is 5.63 Å². The van der Waals surface area contributed by atoms with Gasteiger partial charge in [0.2, 0.25) is 0 Å². The number of carbonyl (C=O) groups is 1. The van der Waals surface area contributed by atoms with Crippen LogP contribution in [0, 0.1) is 12.7 Å². The third-order valence-electron chi connectivity index (χ3n) is 4.70. The highest BCUT2D eigenvalue weighted by Gasteiger charge is 2.19. The van der Waals surface area contributed by atoms with Gasteiger partial charge in [-0.05, 0) is 47.7 Å². The molecule has 1 atom stereocenters. The molecule has 2 aromatic heterocycles. The van der Waals surface area contributed by atoms with E-state index in [4.69, 9.17) is 20.8 Å². The molecule has 0 aliphatic carbocycles. The van der Waals surface area contributed by atoms with Crippen LogP contribution in [0.3, 0.4) is 0 Å².